The average molecular weight is 340 g/mol. The summed E-state index contributed by atoms with van der Waals surface area (Å²) in [6.07, 6.45) is 11.7. The van der Waals surface area contributed by atoms with Crippen LogP contribution in [0.2, 0.25) is 0 Å². The molecule has 0 bridgehead atoms. The molecular formula is C22H20N4. The van der Waals surface area contributed by atoms with Gasteiger partial charge >= 0.3 is 0 Å². The van der Waals surface area contributed by atoms with E-state index in [1.807, 2.05) is 24.3 Å². The number of nitrogen functional groups attached to an aromatic ring is 2. The van der Waals surface area contributed by atoms with Crippen molar-refractivity contribution in [3.8, 4) is 0 Å². The highest BCUT2D eigenvalue weighted by molar-refractivity contribution is 5.91. The van der Waals surface area contributed by atoms with Crippen LogP contribution in [0.25, 0.3) is 21.8 Å². The summed E-state index contributed by atoms with van der Waals surface area (Å²) in [5.41, 5.74) is 19.8. The fourth-order valence-corrected chi connectivity index (χ4v) is 4.04. The van der Waals surface area contributed by atoms with E-state index in [0.717, 1.165) is 28.8 Å². The standard InChI is InChI=1S/C22H20N4/c23-14-5-7-20-16(9-14)18(11-25-20)22(13-3-1-2-4-13)19-12-26-21-8-6-15(24)10-17(19)21/h1-3,5-12,22,25-26H,4,23-24H2. The number of nitrogens with one attached hydrogen (secondary N) is 2. The summed E-state index contributed by atoms with van der Waals surface area (Å²) in [6, 6.07) is 12.1. The smallest absolute Gasteiger partial charge is 0.0458 e. The number of rotatable bonds is 3. The maximum Gasteiger partial charge on any atom is 0.0458 e. The second-order valence-electron chi connectivity index (χ2n) is 6.90. The molecule has 2 aromatic heterocycles. The Morgan fingerprint density at radius 2 is 1.38 bits per heavy atom. The molecule has 0 unspecified atom stereocenters. The van der Waals surface area contributed by atoms with Gasteiger partial charge in [0, 0.05) is 51.5 Å². The molecule has 0 amide bonds. The molecule has 0 radical (unpaired) electrons. The normalized spacial score (nSPS) is 14.0. The lowest BCUT2D eigenvalue weighted by Crippen LogP contribution is -2.03. The molecule has 128 valence electrons. The largest absolute Gasteiger partial charge is 0.399 e. The van der Waals surface area contributed by atoms with Crippen molar-refractivity contribution in [2.45, 2.75) is 12.3 Å². The second-order valence-corrected chi connectivity index (χ2v) is 6.90. The monoisotopic (exact) mass is 340 g/mol. The van der Waals surface area contributed by atoms with Gasteiger partial charge in [0.05, 0.1) is 0 Å². The number of aromatic nitrogens is 2. The van der Waals surface area contributed by atoms with Crippen LogP contribution in [0.15, 0.2) is 72.6 Å². The zero-order valence-corrected chi connectivity index (χ0v) is 14.3. The molecular weight excluding hydrogens is 320 g/mol. The third-order valence-electron chi connectivity index (χ3n) is 5.27. The van der Waals surface area contributed by atoms with Gasteiger partial charge < -0.3 is 21.4 Å². The molecule has 4 nitrogen and oxygen atoms in total. The van der Waals surface area contributed by atoms with E-state index in [1.165, 1.54) is 27.5 Å². The molecule has 4 heteroatoms. The summed E-state index contributed by atoms with van der Waals surface area (Å²) >= 11 is 0. The Bertz CT molecular complexity index is 1110. The van der Waals surface area contributed by atoms with Gasteiger partial charge in [-0.1, -0.05) is 23.8 Å². The molecule has 5 rings (SSSR count). The first-order valence-electron chi connectivity index (χ1n) is 8.79. The predicted octanol–water partition coefficient (Wildman–Crippen LogP) is 4.83. The number of aromatic amines is 2. The van der Waals surface area contributed by atoms with Crippen molar-refractivity contribution in [2.75, 3.05) is 11.5 Å². The first-order chi connectivity index (χ1) is 12.7. The van der Waals surface area contributed by atoms with Crippen molar-refractivity contribution in [1.29, 1.82) is 0 Å². The number of hydrogen-bond donors (Lipinski definition) is 4. The van der Waals surface area contributed by atoms with Gasteiger partial charge in [-0.3, -0.25) is 0 Å². The molecule has 26 heavy (non-hydrogen) atoms. The van der Waals surface area contributed by atoms with Gasteiger partial charge in [0.2, 0.25) is 0 Å². The van der Waals surface area contributed by atoms with Crippen molar-refractivity contribution >= 4 is 33.2 Å². The molecule has 2 aromatic carbocycles. The number of anilines is 2. The molecule has 4 aromatic rings. The summed E-state index contributed by atoms with van der Waals surface area (Å²) in [5, 5.41) is 2.34. The quantitative estimate of drug-likeness (QED) is 0.403. The van der Waals surface area contributed by atoms with Crippen LogP contribution in [0.5, 0.6) is 0 Å². The lowest BCUT2D eigenvalue weighted by Gasteiger charge is -2.18. The molecule has 0 fully saturated rings. The minimum absolute atomic E-state index is 0.149. The Morgan fingerprint density at radius 1 is 0.808 bits per heavy atom. The molecule has 0 saturated carbocycles. The number of benzene rings is 2. The Kier molecular flexibility index (Phi) is 3.19. The zero-order valence-electron chi connectivity index (χ0n) is 14.3. The maximum absolute atomic E-state index is 6.07. The molecule has 2 heterocycles. The van der Waals surface area contributed by atoms with Crippen LogP contribution >= 0.6 is 0 Å². The van der Waals surface area contributed by atoms with Gasteiger partial charge in [0.15, 0.2) is 0 Å². The van der Waals surface area contributed by atoms with Crippen molar-refractivity contribution in [3.63, 3.8) is 0 Å². The van der Waals surface area contributed by atoms with Crippen LogP contribution in [-0.4, -0.2) is 9.97 Å². The number of H-pyrrole nitrogens is 2. The minimum atomic E-state index is 0.149. The minimum Gasteiger partial charge on any atom is -0.399 e. The first-order valence-corrected chi connectivity index (χ1v) is 8.79. The molecule has 0 aliphatic heterocycles. The predicted molar refractivity (Wildman–Crippen MR) is 109 cm³/mol. The highest BCUT2D eigenvalue weighted by atomic mass is 14.7. The molecule has 0 atom stereocenters. The molecule has 1 aliphatic carbocycles. The van der Waals surface area contributed by atoms with Crippen LogP contribution in [0.3, 0.4) is 0 Å². The van der Waals surface area contributed by atoms with Crippen LogP contribution in [0, 0.1) is 0 Å². The molecule has 0 spiro atoms. The number of allylic oxidation sites excluding steroid dienone is 4. The van der Waals surface area contributed by atoms with E-state index in [4.69, 9.17) is 11.5 Å². The van der Waals surface area contributed by atoms with Crippen LogP contribution in [0.1, 0.15) is 23.5 Å². The Hall–Kier alpha value is -3.40. The van der Waals surface area contributed by atoms with Crippen LogP contribution < -0.4 is 11.5 Å². The third kappa shape index (κ3) is 2.23. The van der Waals surface area contributed by atoms with E-state index < -0.39 is 0 Å². The van der Waals surface area contributed by atoms with E-state index in [1.54, 1.807) is 0 Å². The zero-order chi connectivity index (χ0) is 17.7. The summed E-state index contributed by atoms with van der Waals surface area (Å²) in [5.74, 6) is 0.149. The number of fused-ring (bicyclic) bond motifs is 2. The number of hydrogen-bond acceptors (Lipinski definition) is 2. The average Bonchev–Trinajstić information content (AvgIpc) is 3.37. The van der Waals surface area contributed by atoms with E-state index in [0.29, 0.717) is 0 Å². The fourth-order valence-electron chi connectivity index (χ4n) is 4.04. The third-order valence-corrected chi connectivity index (χ3v) is 5.27. The van der Waals surface area contributed by atoms with Crippen molar-refractivity contribution in [1.82, 2.24) is 9.97 Å². The summed E-state index contributed by atoms with van der Waals surface area (Å²) in [6.45, 7) is 0. The lowest BCUT2D eigenvalue weighted by molar-refractivity contribution is 0.936. The fraction of sp³-hybridized carbons (Fsp3) is 0.0909. The maximum atomic E-state index is 6.07. The van der Waals surface area contributed by atoms with E-state index >= 15 is 0 Å². The molecule has 6 N–H and O–H groups in total. The highest BCUT2D eigenvalue weighted by Gasteiger charge is 2.25. The van der Waals surface area contributed by atoms with E-state index in [9.17, 15) is 0 Å². The highest BCUT2D eigenvalue weighted by Crippen LogP contribution is 2.42. The van der Waals surface area contributed by atoms with Crippen LogP contribution in [0.4, 0.5) is 11.4 Å². The van der Waals surface area contributed by atoms with Crippen molar-refractivity contribution in [2.24, 2.45) is 0 Å². The second kappa shape index (κ2) is 5.56. The Labute approximate surface area is 151 Å². The molecule has 1 aliphatic rings. The van der Waals surface area contributed by atoms with Crippen molar-refractivity contribution in [3.05, 3.63) is 83.7 Å². The van der Waals surface area contributed by atoms with Gasteiger partial charge in [0.1, 0.15) is 0 Å². The van der Waals surface area contributed by atoms with Gasteiger partial charge in [-0.25, -0.2) is 0 Å². The summed E-state index contributed by atoms with van der Waals surface area (Å²) in [7, 11) is 0. The lowest BCUT2D eigenvalue weighted by atomic mass is 9.84. The summed E-state index contributed by atoms with van der Waals surface area (Å²) < 4.78 is 0. The first kappa shape index (κ1) is 14.9. The topological polar surface area (TPSA) is 83.6 Å². The Morgan fingerprint density at radius 3 is 1.88 bits per heavy atom. The van der Waals surface area contributed by atoms with Crippen LogP contribution in [-0.2, 0) is 0 Å². The number of nitrogens with two attached hydrogens (primary N) is 2. The van der Waals surface area contributed by atoms with E-state index in [2.05, 4.69) is 52.7 Å². The SMILES string of the molecule is Nc1ccc2[nH]cc(C(C3=CC=CC3)c3c[nH]c4ccc(N)cc34)c2c1. The van der Waals surface area contributed by atoms with Gasteiger partial charge in [-0.2, -0.15) is 0 Å². The Balaban J connectivity index is 1.78. The van der Waals surface area contributed by atoms with Gasteiger partial charge in [0.25, 0.3) is 0 Å². The van der Waals surface area contributed by atoms with E-state index in [-0.39, 0.29) is 5.92 Å². The van der Waals surface area contributed by atoms with Gasteiger partial charge in [-0.15, -0.1) is 0 Å². The van der Waals surface area contributed by atoms with Crippen molar-refractivity contribution < 1.29 is 0 Å². The van der Waals surface area contributed by atoms with Gasteiger partial charge in [-0.05, 0) is 53.9 Å². The molecule has 0 saturated heterocycles. The summed E-state index contributed by atoms with van der Waals surface area (Å²) in [4.78, 5) is 6.81.